The Morgan fingerprint density at radius 1 is 1.60 bits per heavy atom. The van der Waals surface area contributed by atoms with E-state index in [-0.39, 0.29) is 10.3 Å². The molecule has 15 heavy (non-hydrogen) atoms. The number of aromatic nitrogens is 2. The molecule has 5 nitrogen and oxygen atoms in total. The van der Waals surface area contributed by atoms with Gasteiger partial charge < -0.3 is 0 Å². The molecule has 0 fully saturated rings. The van der Waals surface area contributed by atoms with Crippen molar-refractivity contribution in [1.82, 2.24) is 9.55 Å². The van der Waals surface area contributed by atoms with Gasteiger partial charge in [-0.1, -0.05) is 6.92 Å². The third kappa shape index (κ3) is 2.44. The average Bonchev–Trinajstić information content (AvgIpc) is 2.21. The normalized spacial score (nSPS) is 12.5. The predicted octanol–water partition coefficient (Wildman–Crippen LogP) is 0.839. The predicted molar refractivity (Wildman–Crippen MR) is 59.0 cm³/mol. The number of carbonyl (C=O) groups excluding carboxylic acids is 1. The van der Waals surface area contributed by atoms with Crippen molar-refractivity contribution in [3.05, 3.63) is 31.5 Å². The van der Waals surface area contributed by atoms with Crippen LogP contribution in [-0.2, 0) is 4.79 Å². The molecule has 0 aromatic carbocycles. The van der Waals surface area contributed by atoms with E-state index in [0.29, 0.717) is 6.42 Å². The number of aromatic amines is 1. The van der Waals surface area contributed by atoms with Gasteiger partial charge in [-0.05, 0) is 22.9 Å². The zero-order chi connectivity index (χ0) is 11.6. The third-order valence-corrected chi connectivity index (χ3v) is 2.72. The minimum Gasteiger partial charge on any atom is -0.297 e. The van der Waals surface area contributed by atoms with Crippen LogP contribution in [0.25, 0.3) is 0 Å². The number of H-pyrrole nitrogens is 1. The van der Waals surface area contributed by atoms with Crippen molar-refractivity contribution in [3.8, 4) is 0 Å². The van der Waals surface area contributed by atoms with Crippen molar-refractivity contribution in [2.24, 2.45) is 0 Å². The highest BCUT2D eigenvalue weighted by atomic mass is 79.9. The molecular weight excluding hydrogens is 264 g/mol. The van der Waals surface area contributed by atoms with E-state index in [2.05, 4.69) is 20.9 Å². The summed E-state index contributed by atoms with van der Waals surface area (Å²) in [6.45, 7) is 3.35. The number of nitrogens with one attached hydrogen (secondary N) is 1. The van der Waals surface area contributed by atoms with Crippen LogP contribution in [0, 0.1) is 0 Å². The smallest absolute Gasteiger partial charge is 0.297 e. The summed E-state index contributed by atoms with van der Waals surface area (Å²) < 4.78 is 1.44. The Morgan fingerprint density at radius 2 is 2.20 bits per heavy atom. The lowest BCUT2D eigenvalue weighted by Gasteiger charge is -2.12. The van der Waals surface area contributed by atoms with Crippen molar-refractivity contribution in [2.45, 2.75) is 26.3 Å². The monoisotopic (exact) mass is 274 g/mol. The van der Waals surface area contributed by atoms with Gasteiger partial charge in [0.1, 0.15) is 0 Å². The second kappa shape index (κ2) is 4.57. The van der Waals surface area contributed by atoms with Gasteiger partial charge >= 0.3 is 5.69 Å². The first kappa shape index (κ1) is 11.9. The fourth-order valence-electron chi connectivity index (χ4n) is 1.20. The molecule has 0 aliphatic heterocycles. The molecule has 0 spiro atoms. The molecule has 82 valence electrons. The van der Waals surface area contributed by atoms with Crippen LogP contribution in [-0.4, -0.2) is 15.3 Å². The molecule has 0 saturated carbocycles. The molecule has 0 radical (unpaired) electrons. The molecule has 1 aromatic rings. The van der Waals surface area contributed by atoms with Gasteiger partial charge in [-0.3, -0.25) is 19.1 Å². The topological polar surface area (TPSA) is 71.9 Å². The minimum atomic E-state index is -0.572. The van der Waals surface area contributed by atoms with E-state index in [9.17, 15) is 14.4 Å². The van der Waals surface area contributed by atoms with E-state index in [4.69, 9.17) is 0 Å². The molecule has 6 heteroatoms. The molecular formula is C9H11BrN2O3. The Kier molecular flexibility index (Phi) is 3.62. The third-order valence-electron chi connectivity index (χ3n) is 2.16. The summed E-state index contributed by atoms with van der Waals surface area (Å²) in [4.78, 5) is 36.0. The summed E-state index contributed by atoms with van der Waals surface area (Å²) in [5.74, 6) is -0.0592. The van der Waals surface area contributed by atoms with Crippen molar-refractivity contribution >= 4 is 21.7 Å². The first-order valence-corrected chi connectivity index (χ1v) is 5.30. The molecule has 1 aromatic heterocycles. The number of rotatable bonds is 3. The molecule has 0 bridgehead atoms. The second-order valence-corrected chi connectivity index (χ2v) is 3.99. The van der Waals surface area contributed by atoms with E-state index in [0.717, 1.165) is 0 Å². The van der Waals surface area contributed by atoms with Crippen LogP contribution in [0.1, 0.15) is 26.3 Å². The maximum absolute atomic E-state index is 11.4. The highest BCUT2D eigenvalue weighted by Gasteiger charge is 2.15. The van der Waals surface area contributed by atoms with Crippen LogP contribution in [0.4, 0.5) is 0 Å². The fraction of sp³-hybridized carbons (Fsp3) is 0.444. The summed E-state index contributed by atoms with van der Waals surface area (Å²) in [6.07, 6.45) is 1.68. The molecule has 1 unspecified atom stereocenters. The summed E-state index contributed by atoms with van der Waals surface area (Å²) in [5, 5.41) is 0. The number of carbonyl (C=O) groups is 1. The number of nitrogens with zero attached hydrogens (tertiary/aromatic N) is 1. The van der Waals surface area contributed by atoms with Crippen molar-refractivity contribution in [1.29, 1.82) is 0 Å². The Bertz CT molecular complexity index is 489. The van der Waals surface area contributed by atoms with Crippen molar-refractivity contribution in [3.63, 3.8) is 0 Å². The number of ketones is 1. The lowest BCUT2D eigenvalue weighted by Crippen LogP contribution is -2.34. The van der Waals surface area contributed by atoms with Crippen LogP contribution in [0.15, 0.2) is 20.3 Å². The van der Waals surface area contributed by atoms with Crippen LogP contribution in [0.5, 0.6) is 0 Å². The quantitative estimate of drug-likeness (QED) is 0.888. The molecule has 1 atom stereocenters. The zero-order valence-corrected chi connectivity index (χ0v) is 10.00. The van der Waals surface area contributed by atoms with Gasteiger partial charge in [-0.15, -0.1) is 0 Å². The highest BCUT2D eigenvalue weighted by Crippen LogP contribution is 2.07. The summed E-state index contributed by atoms with van der Waals surface area (Å²) in [6, 6.07) is -0.560. The zero-order valence-electron chi connectivity index (χ0n) is 8.41. The SMILES string of the molecule is CCC(=O)C(C)n1cc(Br)c(=O)[nH]c1=O. The number of hydrogen-bond acceptors (Lipinski definition) is 3. The largest absolute Gasteiger partial charge is 0.329 e. The Morgan fingerprint density at radius 3 is 2.73 bits per heavy atom. The molecule has 0 aliphatic carbocycles. The first-order chi connectivity index (χ1) is 6.97. The maximum atomic E-state index is 11.4. The molecule has 0 aliphatic rings. The second-order valence-electron chi connectivity index (χ2n) is 3.14. The van der Waals surface area contributed by atoms with Gasteiger partial charge in [0.2, 0.25) is 0 Å². The van der Waals surface area contributed by atoms with Crippen LogP contribution >= 0.6 is 15.9 Å². The summed E-state index contributed by atoms with van der Waals surface area (Å²) in [5.41, 5.74) is -1.06. The Balaban J connectivity index is 3.27. The highest BCUT2D eigenvalue weighted by molar-refractivity contribution is 9.10. The standard InChI is InChI=1S/C9H11BrN2O3/c1-3-7(13)5(2)12-4-6(10)8(14)11-9(12)15/h4-5H,3H2,1-2H3,(H,11,14,15). The van der Waals surface area contributed by atoms with Gasteiger partial charge in [0.25, 0.3) is 5.56 Å². The molecule has 1 N–H and O–H groups in total. The van der Waals surface area contributed by atoms with Crippen molar-refractivity contribution in [2.75, 3.05) is 0 Å². The van der Waals surface area contributed by atoms with Gasteiger partial charge in [-0.25, -0.2) is 4.79 Å². The Labute approximate surface area is 94.3 Å². The van der Waals surface area contributed by atoms with Crippen LogP contribution in [0.2, 0.25) is 0 Å². The van der Waals surface area contributed by atoms with E-state index >= 15 is 0 Å². The first-order valence-electron chi connectivity index (χ1n) is 4.51. The van der Waals surface area contributed by atoms with Gasteiger partial charge in [-0.2, -0.15) is 0 Å². The molecule has 1 heterocycles. The van der Waals surface area contributed by atoms with Crippen LogP contribution < -0.4 is 11.2 Å². The molecule has 0 amide bonds. The van der Waals surface area contributed by atoms with Crippen LogP contribution in [0.3, 0.4) is 0 Å². The van der Waals surface area contributed by atoms with Crippen molar-refractivity contribution < 1.29 is 4.79 Å². The van der Waals surface area contributed by atoms with E-state index in [1.807, 2.05) is 0 Å². The maximum Gasteiger partial charge on any atom is 0.329 e. The van der Waals surface area contributed by atoms with Gasteiger partial charge in [0.05, 0.1) is 10.5 Å². The average molecular weight is 275 g/mol. The van der Waals surface area contributed by atoms with Gasteiger partial charge in [0.15, 0.2) is 5.78 Å². The minimum absolute atomic E-state index is 0.0592. The van der Waals surface area contributed by atoms with E-state index < -0.39 is 17.3 Å². The number of halogens is 1. The summed E-state index contributed by atoms with van der Waals surface area (Å²) in [7, 11) is 0. The molecule has 1 rings (SSSR count). The van der Waals surface area contributed by atoms with E-state index in [1.165, 1.54) is 10.8 Å². The molecule has 0 saturated heterocycles. The number of hydrogen-bond donors (Lipinski definition) is 1. The summed E-state index contributed by atoms with van der Waals surface area (Å²) >= 11 is 3.00. The number of Topliss-reactive ketones (excluding diaryl/α,β-unsaturated/α-hetero) is 1. The van der Waals surface area contributed by atoms with E-state index in [1.54, 1.807) is 13.8 Å². The lowest BCUT2D eigenvalue weighted by molar-refractivity contribution is -0.121. The van der Waals surface area contributed by atoms with Gasteiger partial charge in [0, 0.05) is 12.6 Å². The Hall–Kier alpha value is -1.17. The lowest BCUT2D eigenvalue weighted by atomic mass is 10.2. The fourth-order valence-corrected chi connectivity index (χ4v) is 1.52.